The molecule has 8 nitrogen and oxygen atoms in total. The van der Waals surface area contributed by atoms with E-state index in [1.165, 1.54) is 0 Å². The summed E-state index contributed by atoms with van der Waals surface area (Å²) in [6, 6.07) is 0.291. The van der Waals surface area contributed by atoms with Crippen LogP contribution in [0.2, 0.25) is 0 Å². The molecule has 10 heteroatoms. The van der Waals surface area contributed by atoms with Crippen molar-refractivity contribution in [2.75, 3.05) is 32.8 Å². The number of aromatic nitrogens is 2. The Balaban J connectivity index is 2.14. The van der Waals surface area contributed by atoms with Crippen molar-refractivity contribution < 1.29 is 23.4 Å². The van der Waals surface area contributed by atoms with Crippen molar-refractivity contribution in [3.63, 3.8) is 0 Å². The zero-order chi connectivity index (χ0) is 18.1. The van der Waals surface area contributed by atoms with Crippen LogP contribution in [0.25, 0.3) is 10.9 Å². The van der Waals surface area contributed by atoms with Crippen LogP contribution in [0.15, 0.2) is 21.7 Å². The summed E-state index contributed by atoms with van der Waals surface area (Å²) in [5.41, 5.74) is -2.37. The van der Waals surface area contributed by atoms with E-state index in [0.29, 0.717) is 30.9 Å². The SMILES string of the molecule is O=C(O)C(CN1CCOCC1)n1c(=O)[nH]c2ccc(F)c(F)c2c1=O. The molecule has 0 spiro atoms. The van der Waals surface area contributed by atoms with Crippen LogP contribution in [0.3, 0.4) is 0 Å². The molecular weight excluding hydrogens is 340 g/mol. The molecule has 2 N–H and O–H groups in total. The largest absolute Gasteiger partial charge is 0.480 e. The first-order chi connectivity index (χ1) is 11.9. The fourth-order valence-corrected chi connectivity index (χ4v) is 2.83. The van der Waals surface area contributed by atoms with Gasteiger partial charge in [-0.1, -0.05) is 0 Å². The Labute approximate surface area is 139 Å². The molecule has 3 rings (SSSR count). The van der Waals surface area contributed by atoms with Gasteiger partial charge in [0.25, 0.3) is 5.56 Å². The smallest absolute Gasteiger partial charge is 0.329 e. The number of nitrogens with zero attached hydrogens (tertiary/aromatic N) is 2. The molecule has 1 saturated heterocycles. The van der Waals surface area contributed by atoms with Gasteiger partial charge >= 0.3 is 11.7 Å². The summed E-state index contributed by atoms with van der Waals surface area (Å²) < 4.78 is 33.0. The van der Waals surface area contributed by atoms with Crippen molar-refractivity contribution in [2.45, 2.75) is 6.04 Å². The number of morpholine rings is 1. The number of aromatic amines is 1. The van der Waals surface area contributed by atoms with Crippen LogP contribution in [0.5, 0.6) is 0 Å². The van der Waals surface area contributed by atoms with Crippen molar-refractivity contribution >= 4 is 16.9 Å². The van der Waals surface area contributed by atoms with Gasteiger partial charge in [0.05, 0.1) is 18.7 Å². The number of fused-ring (bicyclic) bond motifs is 1. The molecule has 1 aromatic carbocycles. The summed E-state index contributed by atoms with van der Waals surface area (Å²) in [5.74, 6) is -4.11. The van der Waals surface area contributed by atoms with Crippen molar-refractivity contribution in [3.8, 4) is 0 Å². The van der Waals surface area contributed by atoms with E-state index in [0.717, 1.165) is 12.1 Å². The van der Waals surface area contributed by atoms with Gasteiger partial charge in [-0.2, -0.15) is 0 Å². The fourth-order valence-electron chi connectivity index (χ4n) is 2.83. The quantitative estimate of drug-likeness (QED) is 0.795. The number of benzene rings is 1. The second-order valence-electron chi connectivity index (χ2n) is 5.66. The first kappa shape index (κ1) is 17.2. The Hall–Kier alpha value is -2.59. The summed E-state index contributed by atoms with van der Waals surface area (Å²) in [6.07, 6.45) is 0. The number of H-pyrrole nitrogens is 1. The zero-order valence-electron chi connectivity index (χ0n) is 13.0. The Bertz CT molecular complexity index is 933. The van der Waals surface area contributed by atoms with Crippen LogP contribution in [0, 0.1) is 11.6 Å². The number of carboxylic acid groups (broad SMARTS) is 1. The van der Waals surface area contributed by atoms with E-state index >= 15 is 0 Å². The maximum absolute atomic E-state index is 14.0. The number of halogens is 2. The Kier molecular flexibility index (Phi) is 4.64. The number of aliphatic carboxylic acids is 1. The minimum Gasteiger partial charge on any atom is -0.480 e. The monoisotopic (exact) mass is 355 g/mol. The number of rotatable bonds is 4. The molecule has 1 fully saturated rings. The van der Waals surface area contributed by atoms with Crippen LogP contribution < -0.4 is 11.2 Å². The fraction of sp³-hybridized carbons (Fsp3) is 0.400. The number of carbonyl (C=O) groups is 1. The van der Waals surface area contributed by atoms with E-state index in [1.54, 1.807) is 4.90 Å². The lowest BCUT2D eigenvalue weighted by molar-refractivity contribution is -0.142. The summed E-state index contributed by atoms with van der Waals surface area (Å²) in [4.78, 5) is 40.3. The van der Waals surface area contributed by atoms with Crippen LogP contribution >= 0.6 is 0 Å². The van der Waals surface area contributed by atoms with Gasteiger partial charge in [-0.25, -0.2) is 22.9 Å². The lowest BCUT2D eigenvalue weighted by Crippen LogP contribution is -2.48. The number of hydrogen-bond donors (Lipinski definition) is 2. The highest BCUT2D eigenvalue weighted by atomic mass is 19.2. The molecule has 0 bridgehead atoms. The van der Waals surface area contributed by atoms with Gasteiger partial charge in [-0.3, -0.25) is 9.69 Å². The first-order valence-corrected chi connectivity index (χ1v) is 7.55. The van der Waals surface area contributed by atoms with Crippen molar-refractivity contribution in [1.82, 2.24) is 14.5 Å². The molecule has 1 unspecified atom stereocenters. The van der Waals surface area contributed by atoms with E-state index < -0.39 is 40.3 Å². The lowest BCUT2D eigenvalue weighted by atomic mass is 10.2. The molecule has 1 aliphatic rings. The third-order valence-corrected chi connectivity index (χ3v) is 4.12. The minimum atomic E-state index is -1.54. The predicted molar refractivity (Wildman–Crippen MR) is 82.7 cm³/mol. The van der Waals surface area contributed by atoms with Gasteiger partial charge in [-0.15, -0.1) is 0 Å². The maximum atomic E-state index is 14.0. The zero-order valence-corrected chi connectivity index (χ0v) is 13.0. The average molecular weight is 355 g/mol. The average Bonchev–Trinajstić information content (AvgIpc) is 2.58. The van der Waals surface area contributed by atoms with Crippen molar-refractivity contribution in [1.29, 1.82) is 0 Å². The topological polar surface area (TPSA) is 105 Å². The lowest BCUT2D eigenvalue weighted by Gasteiger charge is -2.29. The van der Waals surface area contributed by atoms with Crippen LogP contribution in [-0.2, 0) is 9.53 Å². The molecule has 0 radical (unpaired) electrons. The second kappa shape index (κ2) is 6.73. The van der Waals surface area contributed by atoms with Gasteiger partial charge in [0.2, 0.25) is 0 Å². The Morgan fingerprint density at radius 3 is 2.60 bits per heavy atom. The number of nitrogens with one attached hydrogen (secondary N) is 1. The third-order valence-electron chi connectivity index (χ3n) is 4.12. The highest BCUT2D eigenvalue weighted by Crippen LogP contribution is 2.15. The minimum absolute atomic E-state index is 0.135. The second-order valence-corrected chi connectivity index (χ2v) is 5.66. The van der Waals surface area contributed by atoms with Crippen molar-refractivity contribution in [3.05, 3.63) is 44.6 Å². The molecule has 1 aliphatic heterocycles. The summed E-state index contributed by atoms with van der Waals surface area (Å²) in [7, 11) is 0. The summed E-state index contributed by atoms with van der Waals surface area (Å²) >= 11 is 0. The number of carboxylic acids is 1. The normalized spacial score (nSPS) is 16.9. The van der Waals surface area contributed by atoms with Gasteiger partial charge in [0.1, 0.15) is 5.39 Å². The van der Waals surface area contributed by atoms with E-state index in [9.17, 15) is 28.3 Å². The summed E-state index contributed by atoms with van der Waals surface area (Å²) in [5, 5.41) is 8.78. The highest BCUT2D eigenvalue weighted by Gasteiger charge is 2.28. The van der Waals surface area contributed by atoms with Gasteiger partial charge in [0, 0.05) is 19.6 Å². The highest BCUT2D eigenvalue weighted by molar-refractivity contribution is 5.79. The molecule has 134 valence electrons. The first-order valence-electron chi connectivity index (χ1n) is 7.55. The third kappa shape index (κ3) is 3.17. The van der Waals surface area contributed by atoms with Crippen LogP contribution in [-0.4, -0.2) is 58.4 Å². The molecule has 25 heavy (non-hydrogen) atoms. The standard InChI is InChI=1S/C15H15F2N3O5/c16-8-1-2-9-11(12(8)17)13(21)20(15(24)18-9)10(14(22)23)7-19-3-5-25-6-4-19/h1-2,10H,3-7H2,(H,18,24)(H,22,23). The van der Waals surface area contributed by atoms with E-state index in [4.69, 9.17) is 4.74 Å². The summed E-state index contributed by atoms with van der Waals surface area (Å²) in [6.45, 7) is 1.54. The molecule has 1 aromatic heterocycles. The number of hydrogen-bond acceptors (Lipinski definition) is 5. The Morgan fingerprint density at radius 2 is 1.96 bits per heavy atom. The van der Waals surface area contributed by atoms with Gasteiger partial charge < -0.3 is 14.8 Å². The van der Waals surface area contributed by atoms with Crippen LogP contribution in [0.1, 0.15) is 6.04 Å². The van der Waals surface area contributed by atoms with Gasteiger partial charge in [-0.05, 0) is 12.1 Å². The Morgan fingerprint density at radius 1 is 1.28 bits per heavy atom. The van der Waals surface area contributed by atoms with E-state index in [2.05, 4.69) is 4.98 Å². The van der Waals surface area contributed by atoms with E-state index in [1.807, 2.05) is 0 Å². The molecule has 0 amide bonds. The maximum Gasteiger partial charge on any atom is 0.329 e. The molecule has 1 atom stereocenters. The van der Waals surface area contributed by atoms with E-state index in [-0.39, 0.29) is 12.1 Å². The molecule has 0 aliphatic carbocycles. The molecular formula is C15H15F2N3O5. The predicted octanol–water partition coefficient (Wildman–Crippen LogP) is -0.0741. The molecule has 2 aromatic rings. The van der Waals surface area contributed by atoms with Gasteiger partial charge in [0.15, 0.2) is 17.7 Å². The van der Waals surface area contributed by atoms with Crippen molar-refractivity contribution in [2.24, 2.45) is 0 Å². The number of ether oxygens (including phenoxy) is 1. The molecule has 2 heterocycles. The molecule has 0 saturated carbocycles. The van der Waals surface area contributed by atoms with Crippen LogP contribution in [0.4, 0.5) is 8.78 Å².